The van der Waals surface area contributed by atoms with E-state index in [9.17, 15) is 4.79 Å². The summed E-state index contributed by atoms with van der Waals surface area (Å²) in [6, 6.07) is 14.7. The molecule has 134 valence electrons. The van der Waals surface area contributed by atoms with Crippen molar-refractivity contribution in [1.82, 2.24) is 5.32 Å². The molecule has 0 unspecified atom stereocenters. The summed E-state index contributed by atoms with van der Waals surface area (Å²) in [5.41, 5.74) is 1.19. The first-order valence-electron chi connectivity index (χ1n) is 9.60. The van der Waals surface area contributed by atoms with Gasteiger partial charge in [-0.15, -0.1) is 6.58 Å². The molecule has 1 N–H and O–H groups in total. The Labute approximate surface area is 152 Å². The van der Waals surface area contributed by atoms with Crippen molar-refractivity contribution in [2.45, 2.75) is 64.3 Å². The number of benzene rings is 2. The highest BCUT2D eigenvalue weighted by molar-refractivity contribution is 5.86. The molecule has 0 saturated carbocycles. The molecule has 0 aliphatic carbocycles. The number of rotatable bonds is 11. The zero-order valence-electron chi connectivity index (χ0n) is 15.5. The Morgan fingerprint density at radius 2 is 1.68 bits per heavy atom. The van der Waals surface area contributed by atoms with Gasteiger partial charge >= 0.3 is 0 Å². The van der Waals surface area contributed by atoms with Gasteiger partial charge in [-0.25, -0.2) is 0 Å². The smallest absolute Gasteiger partial charge is 0.220 e. The van der Waals surface area contributed by atoms with Crippen molar-refractivity contribution >= 4 is 16.7 Å². The summed E-state index contributed by atoms with van der Waals surface area (Å²) in [5.74, 6) is 0.159. The molecule has 2 aromatic rings. The lowest BCUT2D eigenvalue weighted by Crippen LogP contribution is -2.26. The van der Waals surface area contributed by atoms with Gasteiger partial charge in [-0.1, -0.05) is 74.2 Å². The second kappa shape index (κ2) is 10.7. The van der Waals surface area contributed by atoms with E-state index < -0.39 is 0 Å². The Morgan fingerprint density at radius 3 is 2.48 bits per heavy atom. The molecule has 0 spiro atoms. The van der Waals surface area contributed by atoms with E-state index in [1.54, 1.807) is 0 Å². The minimum Gasteiger partial charge on any atom is -0.350 e. The average Bonchev–Trinajstić information content (AvgIpc) is 2.63. The fourth-order valence-corrected chi connectivity index (χ4v) is 3.30. The maximum Gasteiger partial charge on any atom is 0.220 e. The van der Waals surface area contributed by atoms with E-state index in [1.165, 1.54) is 42.0 Å². The number of carbonyl (C=O) groups excluding carboxylic acids is 1. The van der Waals surface area contributed by atoms with Crippen LogP contribution in [0.2, 0.25) is 0 Å². The van der Waals surface area contributed by atoms with E-state index in [1.807, 2.05) is 12.1 Å². The molecule has 0 aliphatic rings. The Hall–Kier alpha value is -2.09. The lowest BCUT2D eigenvalue weighted by molar-refractivity contribution is -0.121. The van der Waals surface area contributed by atoms with Crippen molar-refractivity contribution in [2.75, 3.05) is 0 Å². The second-order valence-corrected chi connectivity index (χ2v) is 6.81. The number of hydrogen-bond acceptors (Lipinski definition) is 1. The van der Waals surface area contributed by atoms with Crippen LogP contribution in [0.25, 0.3) is 10.8 Å². The van der Waals surface area contributed by atoms with Gasteiger partial charge in [-0.3, -0.25) is 4.79 Å². The predicted octanol–water partition coefficient (Wildman–Crippen LogP) is 6.32. The van der Waals surface area contributed by atoms with Crippen LogP contribution in [0, 0.1) is 0 Å². The topological polar surface area (TPSA) is 29.1 Å². The molecule has 0 bridgehead atoms. The van der Waals surface area contributed by atoms with Crippen LogP contribution in [0.1, 0.15) is 69.9 Å². The normalized spacial score (nSPS) is 12.0. The third-order valence-corrected chi connectivity index (χ3v) is 4.73. The van der Waals surface area contributed by atoms with Gasteiger partial charge in [0.2, 0.25) is 5.91 Å². The highest BCUT2D eigenvalue weighted by atomic mass is 16.1. The molecule has 0 aliphatic heterocycles. The minimum absolute atomic E-state index is 0.0394. The van der Waals surface area contributed by atoms with Gasteiger partial charge < -0.3 is 5.32 Å². The van der Waals surface area contributed by atoms with Crippen molar-refractivity contribution in [3.05, 3.63) is 60.7 Å². The Balaban J connectivity index is 1.72. The third kappa shape index (κ3) is 6.38. The lowest BCUT2D eigenvalue weighted by atomic mass is 9.99. The molecule has 2 heteroatoms. The monoisotopic (exact) mass is 337 g/mol. The molecule has 1 amide bonds. The van der Waals surface area contributed by atoms with Crippen molar-refractivity contribution in [1.29, 1.82) is 0 Å². The van der Waals surface area contributed by atoms with E-state index >= 15 is 0 Å². The quantitative estimate of drug-likeness (QED) is 0.377. The molecule has 2 aromatic carbocycles. The van der Waals surface area contributed by atoms with Crippen LogP contribution < -0.4 is 5.32 Å². The van der Waals surface area contributed by atoms with Crippen LogP contribution in [0.15, 0.2) is 55.1 Å². The van der Waals surface area contributed by atoms with E-state index in [0.717, 1.165) is 19.3 Å². The average molecular weight is 338 g/mol. The first-order valence-corrected chi connectivity index (χ1v) is 9.60. The van der Waals surface area contributed by atoms with Gasteiger partial charge in [0, 0.05) is 6.42 Å². The Bertz CT molecular complexity index is 671. The van der Waals surface area contributed by atoms with Crippen LogP contribution in [0.4, 0.5) is 0 Å². The molecular weight excluding hydrogens is 306 g/mol. The zero-order valence-corrected chi connectivity index (χ0v) is 15.5. The van der Waals surface area contributed by atoms with Crippen LogP contribution in [0.3, 0.4) is 0 Å². The van der Waals surface area contributed by atoms with Gasteiger partial charge in [0.15, 0.2) is 0 Å². The van der Waals surface area contributed by atoms with Crippen molar-refractivity contribution < 1.29 is 4.79 Å². The maximum absolute atomic E-state index is 12.2. The van der Waals surface area contributed by atoms with E-state index in [4.69, 9.17) is 0 Å². The Morgan fingerprint density at radius 1 is 1.00 bits per heavy atom. The molecule has 2 rings (SSSR count). The number of allylic oxidation sites excluding steroid dienone is 1. The van der Waals surface area contributed by atoms with E-state index in [-0.39, 0.29) is 11.9 Å². The van der Waals surface area contributed by atoms with Gasteiger partial charge in [0.1, 0.15) is 0 Å². The number of amides is 1. The molecule has 0 fully saturated rings. The minimum atomic E-state index is 0.0394. The molecule has 2 nitrogen and oxygen atoms in total. The van der Waals surface area contributed by atoms with Crippen LogP contribution in [-0.4, -0.2) is 5.91 Å². The second-order valence-electron chi connectivity index (χ2n) is 6.81. The maximum atomic E-state index is 12.2. The van der Waals surface area contributed by atoms with Crippen LogP contribution in [0.5, 0.6) is 0 Å². The lowest BCUT2D eigenvalue weighted by Gasteiger charge is -2.16. The first-order chi connectivity index (χ1) is 12.2. The molecule has 0 aromatic heterocycles. The summed E-state index contributed by atoms with van der Waals surface area (Å²) in [6.45, 7) is 5.81. The third-order valence-electron chi connectivity index (χ3n) is 4.73. The fraction of sp³-hybridized carbons (Fsp3) is 0.435. The Kier molecular flexibility index (Phi) is 8.24. The predicted molar refractivity (Wildman–Crippen MR) is 108 cm³/mol. The summed E-state index contributed by atoms with van der Waals surface area (Å²) in [5, 5.41) is 5.60. The standard InChI is InChI=1S/C23H31NO/c1-3-4-5-6-7-8-9-10-18-23(25)24-19(2)21-17-13-15-20-14-11-12-16-22(20)21/h3,11-17,19H,1,4-10,18H2,2H3,(H,24,25)/t19-/m0/s1. The van der Waals surface area contributed by atoms with Crippen LogP contribution in [-0.2, 0) is 4.79 Å². The van der Waals surface area contributed by atoms with E-state index in [0.29, 0.717) is 6.42 Å². The van der Waals surface area contributed by atoms with Crippen LogP contribution >= 0.6 is 0 Å². The van der Waals surface area contributed by atoms with Gasteiger partial charge in [0.25, 0.3) is 0 Å². The molecule has 0 saturated heterocycles. The SMILES string of the molecule is C=CCCCCCCCCC(=O)N[C@@H](C)c1cccc2ccccc12. The first kappa shape index (κ1) is 19.2. The summed E-state index contributed by atoms with van der Waals surface area (Å²) in [4.78, 5) is 12.2. The fourth-order valence-electron chi connectivity index (χ4n) is 3.30. The van der Waals surface area contributed by atoms with E-state index in [2.05, 4.69) is 55.2 Å². The number of carbonyl (C=O) groups is 1. The highest BCUT2D eigenvalue weighted by Crippen LogP contribution is 2.24. The van der Waals surface area contributed by atoms with Gasteiger partial charge in [-0.2, -0.15) is 0 Å². The van der Waals surface area contributed by atoms with Gasteiger partial charge in [-0.05, 0) is 42.5 Å². The number of unbranched alkanes of at least 4 members (excludes halogenated alkanes) is 6. The van der Waals surface area contributed by atoms with Crippen molar-refractivity contribution in [3.8, 4) is 0 Å². The molecule has 0 heterocycles. The highest BCUT2D eigenvalue weighted by Gasteiger charge is 2.11. The molecule has 1 atom stereocenters. The molecule has 25 heavy (non-hydrogen) atoms. The summed E-state index contributed by atoms with van der Waals surface area (Å²) >= 11 is 0. The molecule has 0 radical (unpaired) electrons. The number of nitrogens with one attached hydrogen (secondary N) is 1. The van der Waals surface area contributed by atoms with Gasteiger partial charge in [0.05, 0.1) is 6.04 Å². The largest absolute Gasteiger partial charge is 0.350 e. The number of fused-ring (bicyclic) bond motifs is 1. The molecular formula is C23H31NO. The summed E-state index contributed by atoms with van der Waals surface area (Å²) < 4.78 is 0. The zero-order chi connectivity index (χ0) is 17.9. The summed E-state index contributed by atoms with van der Waals surface area (Å²) in [6.07, 6.45) is 10.9. The van der Waals surface area contributed by atoms with Crippen molar-refractivity contribution in [3.63, 3.8) is 0 Å². The summed E-state index contributed by atoms with van der Waals surface area (Å²) in [7, 11) is 0. The number of hydrogen-bond donors (Lipinski definition) is 1. The van der Waals surface area contributed by atoms with Crippen molar-refractivity contribution in [2.24, 2.45) is 0 Å².